The summed E-state index contributed by atoms with van der Waals surface area (Å²) in [5.74, 6) is 3.02. The normalized spacial score (nSPS) is 10.9. The highest BCUT2D eigenvalue weighted by Gasteiger charge is 2.08. The third-order valence-corrected chi connectivity index (χ3v) is 3.63. The van der Waals surface area contributed by atoms with Crippen molar-refractivity contribution in [1.29, 1.82) is 0 Å². The molecule has 0 bridgehead atoms. The highest BCUT2D eigenvalue weighted by atomic mass is 16.5. The first-order valence-electron chi connectivity index (χ1n) is 7.23. The smallest absolute Gasteiger partial charge is 0.247 e. The van der Waals surface area contributed by atoms with Crippen molar-refractivity contribution in [3.63, 3.8) is 0 Å². The van der Waals surface area contributed by atoms with Gasteiger partial charge in [0, 0.05) is 24.9 Å². The number of nitrogens with one attached hydrogen (secondary N) is 1. The number of aromatic nitrogens is 4. The molecule has 0 aliphatic rings. The van der Waals surface area contributed by atoms with E-state index in [9.17, 15) is 0 Å². The molecule has 2 aromatic heterocycles. The third kappa shape index (κ3) is 2.59. The Morgan fingerprint density at radius 1 is 1.23 bits per heavy atom. The van der Waals surface area contributed by atoms with Crippen LogP contribution in [-0.4, -0.2) is 26.9 Å². The van der Waals surface area contributed by atoms with E-state index >= 15 is 0 Å². The van der Waals surface area contributed by atoms with E-state index in [-0.39, 0.29) is 0 Å². The van der Waals surface area contributed by atoms with Gasteiger partial charge in [-0.15, -0.1) is 5.10 Å². The zero-order chi connectivity index (χ0) is 15.7. The van der Waals surface area contributed by atoms with Crippen LogP contribution >= 0.6 is 0 Å². The van der Waals surface area contributed by atoms with Crippen molar-refractivity contribution in [2.75, 3.05) is 12.4 Å². The van der Waals surface area contributed by atoms with Crippen LogP contribution in [-0.2, 0) is 13.5 Å². The van der Waals surface area contributed by atoms with Crippen LogP contribution in [0.2, 0.25) is 0 Å². The average Bonchev–Trinajstić information content (AvgIpc) is 2.86. The van der Waals surface area contributed by atoms with Crippen molar-refractivity contribution in [3.05, 3.63) is 35.7 Å². The van der Waals surface area contributed by atoms with Gasteiger partial charge in [0.2, 0.25) is 5.95 Å². The van der Waals surface area contributed by atoms with Gasteiger partial charge in [-0.3, -0.25) is 4.68 Å². The molecular weight excluding hydrogens is 278 g/mol. The molecule has 0 radical (unpaired) electrons. The summed E-state index contributed by atoms with van der Waals surface area (Å²) in [6, 6.07) is 7.89. The van der Waals surface area contributed by atoms with Crippen LogP contribution in [0.1, 0.15) is 18.3 Å². The van der Waals surface area contributed by atoms with Crippen LogP contribution in [0.25, 0.3) is 10.9 Å². The van der Waals surface area contributed by atoms with Gasteiger partial charge in [0.1, 0.15) is 17.4 Å². The van der Waals surface area contributed by atoms with E-state index in [0.29, 0.717) is 5.95 Å². The predicted octanol–water partition coefficient (Wildman–Crippen LogP) is 2.99. The summed E-state index contributed by atoms with van der Waals surface area (Å²) in [4.78, 5) is 9.07. The van der Waals surface area contributed by atoms with E-state index in [4.69, 9.17) is 4.74 Å². The first-order valence-corrected chi connectivity index (χ1v) is 7.23. The average molecular weight is 297 g/mol. The summed E-state index contributed by atoms with van der Waals surface area (Å²) in [6.45, 7) is 4.11. The first kappa shape index (κ1) is 14.3. The Kier molecular flexibility index (Phi) is 3.66. The molecule has 0 aliphatic carbocycles. The molecule has 1 N–H and O–H groups in total. The maximum atomic E-state index is 5.27. The summed E-state index contributed by atoms with van der Waals surface area (Å²) in [5.41, 5.74) is 2.02. The number of pyridine rings is 1. The molecule has 3 aromatic rings. The molecule has 0 amide bonds. The van der Waals surface area contributed by atoms with Gasteiger partial charge in [0.25, 0.3) is 0 Å². The fourth-order valence-corrected chi connectivity index (χ4v) is 2.47. The van der Waals surface area contributed by atoms with Crippen LogP contribution < -0.4 is 10.1 Å². The van der Waals surface area contributed by atoms with Gasteiger partial charge in [-0.2, -0.15) is 4.98 Å². The van der Waals surface area contributed by atoms with E-state index in [1.165, 1.54) is 0 Å². The van der Waals surface area contributed by atoms with Gasteiger partial charge in [-0.1, -0.05) is 6.92 Å². The van der Waals surface area contributed by atoms with E-state index in [1.54, 1.807) is 11.8 Å². The number of aryl methyl sites for hydroxylation is 3. The Morgan fingerprint density at radius 3 is 2.73 bits per heavy atom. The minimum absolute atomic E-state index is 0.563. The fourth-order valence-electron chi connectivity index (χ4n) is 2.47. The molecule has 114 valence electrons. The molecule has 0 aliphatic heterocycles. The minimum atomic E-state index is 0.563. The van der Waals surface area contributed by atoms with Gasteiger partial charge in [-0.25, -0.2) is 4.98 Å². The summed E-state index contributed by atoms with van der Waals surface area (Å²) in [5, 5.41) is 8.63. The van der Waals surface area contributed by atoms with E-state index in [0.717, 1.165) is 40.3 Å². The van der Waals surface area contributed by atoms with Gasteiger partial charge in [-0.05, 0) is 30.7 Å². The second-order valence-electron chi connectivity index (χ2n) is 5.16. The van der Waals surface area contributed by atoms with Crippen molar-refractivity contribution >= 4 is 22.7 Å². The highest BCUT2D eigenvalue weighted by molar-refractivity contribution is 5.85. The van der Waals surface area contributed by atoms with E-state index in [2.05, 4.69) is 34.2 Å². The van der Waals surface area contributed by atoms with Crippen molar-refractivity contribution in [1.82, 2.24) is 19.7 Å². The van der Waals surface area contributed by atoms with E-state index < -0.39 is 0 Å². The quantitative estimate of drug-likeness (QED) is 0.802. The maximum absolute atomic E-state index is 5.27. The molecule has 0 fully saturated rings. The molecule has 0 saturated heterocycles. The molecule has 3 rings (SSSR count). The maximum Gasteiger partial charge on any atom is 0.247 e. The number of benzene rings is 1. The lowest BCUT2D eigenvalue weighted by molar-refractivity contribution is 0.415. The van der Waals surface area contributed by atoms with Gasteiger partial charge in [0.05, 0.1) is 12.6 Å². The molecular formula is C16H19N5O. The van der Waals surface area contributed by atoms with Crippen LogP contribution in [0.5, 0.6) is 5.75 Å². The highest BCUT2D eigenvalue weighted by Crippen LogP contribution is 2.25. The lowest BCUT2D eigenvalue weighted by Gasteiger charge is -2.08. The number of hydrogen-bond acceptors (Lipinski definition) is 5. The van der Waals surface area contributed by atoms with E-state index in [1.807, 2.05) is 31.3 Å². The fraction of sp³-hybridized carbons (Fsp3) is 0.312. The number of anilines is 2. The predicted molar refractivity (Wildman–Crippen MR) is 86.7 cm³/mol. The standard InChI is InChI=1S/C16H19N5O/c1-5-15-19-16(20-21(15)3)18-14-8-10(2)12-7-6-11(22-4)9-13(12)17-14/h6-9H,5H2,1-4H3,(H,17,18,20). The molecule has 2 heterocycles. The van der Waals surface area contributed by atoms with Crippen molar-refractivity contribution < 1.29 is 4.74 Å². The zero-order valence-electron chi connectivity index (χ0n) is 13.2. The Bertz CT molecular complexity index is 825. The number of nitrogens with zero attached hydrogens (tertiary/aromatic N) is 4. The second kappa shape index (κ2) is 5.63. The molecule has 6 nitrogen and oxygen atoms in total. The summed E-state index contributed by atoms with van der Waals surface area (Å²) < 4.78 is 7.04. The molecule has 0 atom stereocenters. The third-order valence-electron chi connectivity index (χ3n) is 3.63. The molecule has 6 heteroatoms. The number of methoxy groups -OCH3 is 1. The zero-order valence-corrected chi connectivity index (χ0v) is 13.2. The summed E-state index contributed by atoms with van der Waals surface area (Å²) >= 11 is 0. The molecule has 22 heavy (non-hydrogen) atoms. The van der Waals surface area contributed by atoms with Crippen molar-refractivity contribution in [3.8, 4) is 5.75 Å². The first-order chi connectivity index (χ1) is 10.6. The lowest BCUT2D eigenvalue weighted by atomic mass is 10.1. The second-order valence-corrected chi connectivity index (χ2v) is 5.16. The number of hydrogen-bond donors (Lipinski definition) is 1. The van der Waals surface area contributed by atoms with Crippen LogP contribution in [0.15, 0.2) is 24.3 Å². The van der Waals surface area contributed by atoms with Gasteiger partial charge in [0.15, 0.2) is 0 Å². The Morgan fingerprint density at radius 2 is 2.05 bits per heavy atom. The largest absolute Gasteiger partial charge is 0.497 e. The van der Waals surface area contributed by atoms with Crippen molar-refractivity contribution in [2.24, 2.45) is 7.05 Å². The number of rotatable bonds is 4. The molecule has 0 spiro atoms. The van der Waals surface area contributed by atoms with Gasteiger partial charge >= 0.3 is 0 Å². The monoisotopic (exact) mass is 297 g/mol. The SMILES string of the molecule is CCc1nc(Nc2cc(C)c3ccc(OC)cc3n2)nn1C. The van der Waals surface area contributed by atoms with Crippen molar-refractivity contribution in [2.45, 2.75) is 20.3 Å². The Balaban J connectivity index is 1.99. The van der Waals surface area contributed by atoms with Gasteiger partial charge < -0.3 is 10.1 Å². The summed E-state index contributed by atoms with van der Waals surface area (Å²) in [6.07, 6.45) is 0.840. The Labute approximate surface area is 129 Å². The van der Waals surface area contributed by atoms with Crippen LogP contribution in [0.4, 0.5) is 11.8 Å². The molecule has 0 unspecified atom stereocenters. The van der Waals surface area contributed by atoms with Crippen LogP contribution in [0.3, 0.4) is 0 Å². The minimum Gasteiger partial charge on any atom is -0.497 e. The lowest BCUT2D eigenvalue weighted by Crippen LogP contribution is -1.98. The molecule has 0 saturated carbocycles. The number of ether oxygens (including phenoxy) is 1. The van der Waals surface area contributed by atoms with Crippen LogP contribution in [0, 0.1) is 6.92 Å². The molecule has 1 aromatic carbocycles. The Hall–Kier alpha value is -2.63. The number of fused-ring (bicyclic) bond motifs is 1. The topological polar surface area (TPSA) is 64.9 Å². The summed E-state index contributed by atoms with van der Waals surface area (Å²) in [7, 11) is 3.54.